The van der Waals surface area contributed by atoms with E-state index in [9.17, 15) is 9.59 Å². The van der Waals surface area contributed by atoms with Crippen molar-refractivity contribution in [3.63, 3.8) is 0 Å². The standard InChI is InChI=1S/C18H20N2O3S/c1-23-17(21)11-14-12-24-10-9-20(14)18(22)16-8-7-15(19-16)13-5-3-2-4-6-13/h2-8,14,19H,9-12H2,1H3. The van der Waals surface area contributed by atoms with Gasteiger partial charge in [-0.3, -0.25) is 9.59 Å². The number of thioether (sulfide) groups is 1. The molecule has 1 saturated heterocycles. The summed E-state index contributed by atoms with van der Waals surface area (Å²) in [6.45, 7) is 0.644. The number of ether oxygens (including phenoxy) is 1. The molecular formula is C18H20N2O3S. The van der Waals surface area contributed by atoms with E-state index in [0.29, 0.717) is 12.2 Å². The average molecular weight is 344 g/mol. The molecule has 1 aliphatic heterocycles. The van der Waals surface area contributed by atoms with Gasteiger partial charge in [0.15, 0.2) is 0 Å². The summed E-state index contributed by atoms with van der Waals surface area (Å²) in [5.74, 6) is 1.30. The number of hydrogen-bond donors (Lipinski definition) is 1. The van der Waals surface area contributed by atoms with Crippen LogP contribution >= 0.6 is 11.8 Å². The van der Waals surface area contributed by atoms with Crippen LogP contribution in [0.15, 0.2) is 42.5 Å². The molecule has 6 heteroatoms. The van der Waals surface area contributed by atoms with Crippen molar-refractivity contribution in [1.82, 2.24) is 9.88 Å². The first kappa shape index (κ1) is 16.6. The van der Waals surface area contributed by atoms with Gasteiger partial charge in [0, 0.05) is 23.7 Å². The Morgan fingerprint density at radius 3 is 2.79 bits per heavy atom. The number of carbonyl (C=O) groups is 2. The summed E-state index contributed by atoms with van der Waals surface area (Å²) in [5, 5.41) is 0. The van der Waals surface area contributed by atoms with Gasteiger partial charge in [-0.25, -0.2) is 0 Å². The van der Waals surface area contributed by atoms with Gasteiger partial charge in [-0.2, -0.15) is 11.8 Å². The number of rotatable bonds is 4. The molecule has 5 nitrogen and oxygen atoms in total. The van der Waals surface area contributed by atoms with Gasteiger partial charge in [0.1, 0.15) is 5.69 Å². The van der Waals surface area contributed by atoms with Gasteiger partial charge < -0.3 is 14.6 Å². The quantitative estimate of drug-likeness (QED) is 0.867. The highest BCUT2D eigenvalue weighted by Crippen LogP contribution is 2.23. The van der Waals surface area contributed by atoms with Crippen molar-refractivity contribution < 1.29 is 14.3 Å². The predicted molar refractivity (Wildman–Crippen MR) is 95.0 cm³/mol. The zero-order chi connectivity index (χ0) is 16.9. The number of carbonyl (C=O) groups excluding carboxylic acids is 2. The third-order valence-electron chi connectivity index (χ3n) is 4.12. The van der Waals surface area contributed by atoms with E-state index in [2.05, 4.69) is 4.98 Å². The molecule has 2 aromatic rings. The summed E-state index contributed by atoms with van der Waals surface area (Å²) in [7, 11) is 1.38. The van der Waals surface area contributed by atoms with Crippen molar-refractivity contribution in [2.75, 3.05) is 25.2 Å². The molecule has 0 radical (unpaired) electrons. The Morgan fingerprint density at radius 2 is 2.04 bits per heavy atom. The molecule has 0 saturated carbocycles. The van der Waals surface area contributed by atoms with E-state index >= 15 is 0 Å². The highest BCUT2D eigenvalue weighted by molar-refractivity contribution is 7.99. The molecule has 1 atom stereocenters. The third kappa shape index (κ3) is 3.64. The lowest BCUT2D eigenvalue weighted by atomic mass is 10.2. The maximum atomic E-state index is 12.9. The van der Waals surface area contributed by atoms with Crippen molar-refractivity contribution in [2.45, 2.75) is 12.5 Å². The maximum Gasteiger partial charge on any atom is 0.307 e. The van der Waals surface area contributed by atoms with Crippen molar-refractivity contribution in [1.29, 1.82) is 0 Å². The fraction of sp³-hybridized carbons (Fsp3) is 0.333. The highest BCUT2D eigenvalue weighted by atomic mass is 32.2. The Labute approximate surface area is 145 Å². The van der Waals surface area contributed by atoms with Crippen LogP contribution in [0, 0.1) is 0 Å². The molecule has 1 fully saturated rings. The van der Waals surface area contributed by atoms with Crippen LogP contribution in [0.1, 0.15) is 16.9 Å². The van der Waals surface area contributed by atoms with Gasteiger partial charge in [-0.15, -0.1) is 0 Å². The summed E-state index contributed by atoms with van der Waals surface area (Å²) in [6, 6.07) is 13.5. The van der Waals surface area contributed by atoms with Crippen LogP contribution in [-0.4, -0.2) is 53.0 Å². The largest absolute Gasteiger partial charge is 0.469 e. The Kier molecular flexibility index (Phi) is 5.25. The van der Waals surface area contributed by atoms with E-state index in [1.54, 1.807) is 16.7 Å². The Balaban J connectivity index is 1.77. The Bertz CT molecular complexity index is 714. The second kappa shape index (κ2) is 7.57. The van der Waals surface area contributed by atoms with Gasteiger partial charge >= 0.3 is 5.97 Å². The molecule has 24 heavy (non-hydrogen) atoms. The zero-order valence-electron chi connectivity index (χ0n) is 13.5. The van der Waals surface area contributed by atoms with Crippen molar-refractivity contribution in [3.8, 4) is 11.3 Å². The van der Waals surface area contributed by atoms with Crippen LogP contribution in [0.25, 0.3) is 11.3 Å². The number of H-pyrrole nitrogens is 1. The number of hydrogen-bond acceptors (Lipinski definition) is 4. The lowest BCUT2D eigenvalue weighted by molar-refractivity contribution is -0.141. The first-order valence-electron chi connectivity index (χ1n) is 7.89. The molecule has 1 N–H and O–H groups in total. The smallest absolute Gasteiger partial charge is 0.307 e. The van der Waals surface area contributed by atoms with Gasteiger partial charge in [-0.05, 0) is 17.7 Å². The fourth-order valence-electron chi connectivity index (χ4n) is 2.83. The molecule has 3 rings (SSSR count). The lowest BCUT2D eigenvalue weighted by Gasteiger charge is -2.34. The van der Waals surface area contributed by atoms with Crippen LogP contribution < -0.4 is 0 Å². The van der Waals surface area contributed by atoms with E-state index in [1.807, 2.05) is 42.5 Å². The van der Waals surface area contributed by atoms with E-state index < -0.39 is 0 Å². The normalized spacial score (nSPS) is 17.5. The molecule has 1 aliphatic rings. The van der Waals surface area contributed by atoms with Crippen molar-refractivity contribution >= 4 is 23.6 Å². The fourth-order valence-corrected chi connectivity index (χ4v) is 3.89. The maximum absolute atomic E-state index is 12.9. The van der Waals surface area contributed by atoms with Crippen LogP contribution in [0.4, 0.5) is 0 Å². The molecule has 2 heterocycles. The van der Waals surface area contributed by atoms with Gasteiger partial charge in [0.25, 0.3) is 5.91 Å². The summed E-state index contributed by atoms with van der Waals surface area (Å²) < 4.78 is 4.75. The molecule has 1 aromatic carbocycles. The number of nitrogens with zero attached hydrogens (tertiary/aromatic N) is 1. The molecule has 0 bridgehead atoms. The minimum atomic E-state index is -0.281. The third-order valence-corrected chi connectivity index (χ3v) is 5.21. The summed E-state index contributed by atoms with van der Waals surface area (Å²) in [6.07, 6.45) is 0.238. The minimum absolute atomic E-state index is 0.0635. The summed E-state index contributed by atoms with van der Waals surface area (Å²) >= 11 is 1.76. The molecular weight excluding hydrogens is 324 g/mol. The SMILES string of the molecule is COC(=O)CC1CSCCN1C(=O)c1ccc(-c2ccccc2)[nH]1. The van der Waals surface area contributed by atoms with Gasteiger partial charge in [0.2, 0.25) is 0 Å². The number of aromatic nitrogens is 1. The molecule has 126 valence electrons. The van der Waals surface area contributed by atoms with E-state index in [4.69, 9.17) is 4.74 Å². The van der Waals surface area contributed by atoms with Gasteiger partial charge in [0.05, 0.1) is 19.6 Å². The number of amides is 1. The first-order chi connectivity index (χ1) is 11.7. The van der Waals surface area contributed by atoms with E-state index in [1.165, 1.54) is 7.11 Å². The molecule has 1 unspecified atom stereocenters. The predicted octanol–water partition coefficient (Wildman–Crippen LogP) is 2.80. The number of aromatic amines is 1. The zero-order valence-corrected chi connectivity index (χ0v) is 14.3. The molecule has 0 spiro atoms. The lowest BCUT2D eigenvalue weighted by Crippen LogP contribution is -2.47. The van der Waals surface area contributed by atoms with Crippen molar-refractivity contribution in [2.24, 2.45) is 0 Å². The highest BCUT2D eigenvalue weighted by Gasteiger charge is 2.30. The summed E-state index contributed by atoms with van der Waals surface area (Å²) in [4.78, 5) is 29.4. The Hall–Kier alpha value is -2.21. The topological polar surface area (TPSA) is 62.4 Å². The summed E-state index contributed by atoms with van der Waals surface area (Å²) in [5.41, 5.74) is 2.50. The Morgan fingerprint density at radius 1 is 1.25 bits per heavy atom. The van der Waals surface area contributed by atoms with Crippen LogP contribution in [-0.2, 0) is 9.53 Å². The monoisotopic (exact) mass is 344 g/mol. The number of esters is 1. The van der Waals surface area contributed by atoms with E-state index in [-0.39, 0.29) is 24.3 Å². The minimum Gasteiger partial charge on any atom is -0.469 e. The van der Waals surface area contributed by atoms with Crippen molar-refractivity contribution in [3.05, 3.63) is 48.2 Å². The first-order valence-corrected chi connectivity index (χ1v) is 9.04. The second-order valence-corrected chi connectivity index (χ2v) is 6.81. The van der Waals surface area contributed by atoms with Crippen LogP contribution in [0.3, 0.4) is 0 Å². The molecule has 0 aliphatic carbocycles. The number of nitrogens with one attached hydrogen (secondary N) is 1. The number of benzene rings is 1. The van der Waals surface area contributed by atoms with Crippen LogP contribution in [0.2, 0.25) is 0 Å². The second-order valence-electron chi connectivity index (χ2n) is 5.66. The average Bonchev–Trinajstić information content (AvgIpc) is 3.12. The van der Waals surface area contributed by atoms with Gasteiger partial charge in [-0.1, -0.05) is 30.3 Å². The number of methoxy groups -OCH3 is 1. The molecule has 1 amide bonds. The van der Waals surface area contributed by atoms with Crippen LogP contribution in [0.5, 0.6) is 0 Å². The molecule has 1 aromatic heterocycles. The van der Waals surface area contributed by atoms with E-state index in [0.717, 1.165) is 22.8 Å².